The van der Waals surface area contributed by atoms with Gasteiger partial charge in [0.2, 0.25) is 21.8 Å². The van der Waals surface area contributed by atoms with Crippen LogP contribution in [0.3, 0.4) is 0 Å². The van der Waals surface area contributed by atoms with E-state index in [0.717, 1.165) is 38.6 Å². The molecule has 5 aromatic rings. The van der Waals surface area contributed by atoms with Crippen LogP contribution in [0.4, 0.5) is 0 Å². The second kappa shape index (κ2) is 17.2. The van der Waals surface area contributed by atoms with Crippen molar-refractivity contribution >= 4 is 38.6 Å². The second-order valence-electron chi connectivity index (χ2n) is 12.5. The van der Waals surface area contributed by atoms with Gasteiger partial charge in [-0.05, 0) is 62.7 Å². The molecule has 13 heteroatoms. The summed E-state index contributed by atoms with van der Waals surface area (Å²) in [5.41, 5.74) is 21.6. The number of carbonyl (C=O) groups is 3. The number of benzene rings is 5. The summed E-state index contributed by atoms with van der Waals surface area (Å²) in [6.07, 6.45) is -0.545. The van der Waals surface area contributed by atoms with Gasteiger partial charge in [0.25, 0.3) is 0 Å². The number of nitrogens with two attached hydrogens (primary N) is 3. The molecule has 0 saturated carbocycles. The van der Waals surface area contributed by atoms with E-state index in [2.05, 4.69) is 15.4 Å². The van der Waals surface area contributed by atoms with Crippen LogP contribution >= 0.6 is 0 Å². The Morgan fingerprint density at radius 2 is 1.35 bits per heavy atom. The topological polar surface area (TPSA) is 220 Å². The van der Waals surface area contributed by atoms with E-state index in [-0.39, 0.29) is 31.5 Å². The van der Waals surface area contributed by atoms with Gasteiger partial charge in [-0.3, -0.25) is 9.59 Å². The highest BCUT2D eigenvalue weighted by Gasteiger charge is 2.30. The first-order valence-electron chi connectivity index (χ1n) is 16.7. The summed E-state index contributed by atoms with van der Waals surface area (Å²) in [6, 6.07) is 30.7. The Balaban J connectivity index is 1.42. The number of carbonyl (C=O) groups excluding carboxylic acids is 2. The fourth-order valence-corrected chi connectivity index (χ4v) is 7.21. The first kappa shape index (κ1) is 37.8. The number of aromatic carboxylic acids is 1. The number of fused-ring (bicyclic) bond motifs is 1. The minimum Gasteiger partial charge on any atom is -0.478 e. The number of hydrogen-bond acceptors (Lipinski definition) is 8. The van der Waals surface area contributed by atoms with Crippen molar-refractivity contribution in [3.05, 3.63) is 154 Å². The number of sulfonamides is 1. The molecular formula is C39H42N6O6S. The van der Waals surface area contributed by atoms with E-state index in [1.807, 2.05) is 66.7 Å². The van der Waals surface area contributed by atoms with Gasteiger partial charge in [0, 0.05) is 19.5 Å². The minimum atomic E-state index is -4.16. The van der Waals surface area contributed by atoms with Crippen LogP contribution in [0, 0.1) is 0 Å². The molecule has 0 bridgehead atoms. The van der Waals surface area contributed by atoms with Crippen molar-refractivity contribution in [3.63, 3.8) is 0 Å². The molecule has 0 aliphatic carbocycles. The molecule has 2 amide bonds. The largest absolute Gasteiger partial charge is 0.478 e. The Morgan fingerprint density at radius 3 is 2.04 bits per heavy atom. The van der Waals surface area contributed by atoms with Crippen molar-refractivity contribution in [2.24, 2.45) is 17.2 Å². The fourth-order valence-electron chi connectivity index (χ4n) is 5.87. The van der Waals surface area contributed by atoms with E-state index >= 15 is 0 Å². The Kier molecular flexibility index (Phi) is 12.5. The smallest absolute Gasteiger partial charge is 0.335 e. The van der Waals surface area contributed by atoms with Crippen LogP contribution < -0.4 is 32.6 Å². The van der Waals surface area contributed by atoms with Gasteiger partial charge >= 0.3 is 5.97 Å². The zero-order valence-electron chi connectivity index (χ0n) is 28.4. The molecule has 0 unspecified atom stereocenters. The molecule has 10 N–H and O–H groups in total. The average Bonchev–Trinajstić information content (AvgIpc) is 3.13. The highest BCUT2D eigenvalue weighted by atomic mass is 32.2. The van der Waals surface area contributed by atoms with Gasteiger partial charge < -0.3 is 32.9 Å². The summed E-state index contributed by atoms with van der Waals surface area (Å²) in [4.78, 5) is 39.3. The number of hydrogen-bond donors (Lipinski definition) is 7. The quantitative estimate of drug-likeness (QED) is 0.0744. The standard InChI is InChI=1S/C39H42N6O6S/c40-22-28-6-3-5-27(19-28)20-34(37(46)43-23-25-11-15-30(16-12-25)36(41)42)44-38(47)35(21-32-9-4-8-29-7-1-2-10-33(29)32)45-52(50,51)24-26-13-17-31(18-14-26)39(48)49/h1-19,34-36,45H,20-24,40-42H2,(H,43,46)(H,44,47)(H,48,49)/t34-,35+/m0/s1. The number of amides is 2. The van der Waals surface area contributed by atoms with E-state index in [4.69, 9.17) is 17.2 Å². The van der Waals surface area contributed by atoms with E-state index < -0.39 is 51.8 Å². The van der Waals surface area contributed by atoms with Crippen LogP contribution in [0.2, 0.25) is 0 Å². The molecule has 0 aliphatic rings. The normalized spacial score (nSPS) is 12.7. The van der Waals surface area contributed by atoms with Gasteiger partial charge in [0.1, 0.15) is 12.1 Å². The third kappa shape index (κ3) is 10.3. The fraction of sp³-hybridized carbons (Fsp3) is 0.205. The monoisotopic (exact) mass is 722 g/mol. The highest BCUT2D eigenvalue weighted by Crippen LogP contribution is 2.21. The molecule has 0 saturated heterocycles. The highest BCUT2D eigenvalue weighted by molar-refractivity contribution is 7.88. The second-order valence-corrected chi connectivity index (χ2v) is 14.3. The zero-order valence-corrected chi connectivity index (χ0v) is 29.2. The predicted molar refractivity (Wildman–Crippen MR) is 200 cm³/mol. The Bertz CT molecular complexity index is 2130. The van der Waals surface area contributed by atoms with Crippen molar-refractivity contribution in [1.29, 1.82) is 0 Å². The van der Waals surface area contributed by atoms with Crippen molar-refractivity contribution < 1.29 is 27.9 Å². The van der Waals surface area contributed by atoms with Gasteiger partial charge in [-0.25, -0.2) is 17.9 Å². The van der Waals surface area contributed by atoms with Crippen LogP contribution in [0.25, 0.3) is 10.8 Å². The Hall–Kier alpha value is -5.44. The Labute approximate surface area is 302 Å². The molecule has 5 aromatic carbocycles. The zero-order chi connectivity index (χ0) is 37.3. The molecule has 0 heterocycles. The maximum atomic E-state index is 14.2. The van der Waals surface area contributed by atoms with Gasteiger partial charge in [-0.2, -0.15) is 0 Å². The number of carboxylic acid groups (broad SMARTS) is 1. The SMILES string of the molecule is NCc1cccc(C[C@H](NC(=O)[C@@H](Cc2cccc3ccccc23)NS(=O)(=O)Cc2ccc(C(=O)O)cc2)C(=O)NCc2ccc(C(N)N)cc2)c1. The first-order chi connectivity index (χ1) is 24.9. The van der Waals surface area contributed by atoms with Gasteiger partial charge in [-0.1, -0.05) is 103 Å². The lowest BCUT2D eigenvalue weighted by atomic mass is 9.98. The van der Waals surface area contributed by atoms with Gasteiger partial charge in [0.15, 0.2) is 0 Å². The summed E-state index contributed by atoms with van der Waals surface area (Å²) in [7, 11) is -4.16. The van der Waals surface area contributed by atoms with E-state index in [1.54, 1.807) is 24.3 Å². The lowest BCUT2D eigenvalue weighted by molar-refractivity contribution is -0.129. The first-order valence-corrected chi connectivity index (χ1v) is 18.3. The molecule has 52 heavy (non-hydrogen) atoms. The third-order valence-corrected chi connectivity index (χ3v) is 9.99. The molecule has 0 aliphatic heterocycles. The lowest BCUT2D eigenvalue weighted by Gasteiger charge is -2.24. The summed E-state index contributed by atoms with van der Waals surface area (Å²) in [5, 5.41) is 16.7. The maximum absolute atomic E-state index is 14.2. The summed E-state index contributed by atoms with van der Waals surface area (Å²) in [6.45, 7) is 0.439. The Morgan fingerprint density at radius 1 is 0.692 bits per heavy atom. The summed E-state index contributed by atoms with van der Waals surface area (Å²) in [5.74, 6) is -2.82. The molecule has 0 radical (unpaired) electrons. The maximum Gasteiger partial charge on any atom is 0.335 e. The molecule has 0 spiro atoms. The van der Waals surface area contributed by atoms with E-state index in [0.29, 0.717) is 5.56 Å². The van der Waals surface area contributed by atoms with Crippen LogP contribution in [0.15, 0.2) is 115 Å². The van der Waals surface area contributed by atoms with Gasteiger partial charge in [-0.15, -0.1) is 0 Å². The molecule has 5 rings (SSSR count). The molecule has 0 fully saturated rings. The number of carboxylic acids is 1. The van der Waals surface area contributed by atoms with Crippen molar-refractivity contribution in [3.8, 4) is 0 Å². The van der Waals surface area contributed by atoms with Crippen molar-refractivity contribution in [2.45, 2.75) is 49.9 Å². The molecule has 0 aromatic heterocycles. The van der Waals surface area contributed by atoms with Crippen LogP contribution in [0.1, 0.15) is 49.9 Å². The average molecular weight is 723 g/mol. The number of nitrogens with one attached hydrogen (secondary N) is 3. The predicted octanol–water partition coefficient (Wildman–Crippen LogP) is 2.99. The van der Waals surface area contributed by atoms with Crippen molar-refractivity contribution in [1.82, 2.24) is 15.4 Å². The molecular weight excluding hydrogens is 681 g/mol. The van der Waals surface area contributed by atoms with Gasteiger partial charge in [0.05, 0.1) is 17.5 Å². The molecule has 12 nitrogen and oxygen atoms in total. The van der Waals surface area contributed by atoms with Crippen LogP contribution in [-0.4, -0.2) is 43.4 Å². The number of rotatable bonds is 16. The molecule has 270 valence electrons. The third-order valence-electron chi connectivity index (χ3n) is 8.63. The lowest BCUT2D eigenvalue weighted by Crippen LogP contribution is -2.55. The minimum absolute atomic E-state index is 0.0143. The van der Waals surface area contributed by atoms with E-state index in [1.165, 1.54) is 24.3 Å². The van der Waals surface area contributed by atoms with E-state index in [9.17, 15) is 27.9 Å². The summed E-state index contributed by atoms with van der Waals surface area (Å²) >= 11 is 0. The summed E-state index contributed by atoms with van der Waals surface area (Å²) < 4.78 is 29.7. The molecule has 2 atom stereocenters. The van der Waals surface area contributed by atoms with Crippen molar-refractivity contribution in [2.75, 3.05) is 0 Å². The van der Waals surface area contributed by atoms with Crippen LogP contribution in [0.5, 0.6) is 0 Å². The van der Waals surface area contributed by atoms with Crippen LogP contribution in [-0.2, 0) is 51.3 Å².